The van der Waals surface area contributed by atoms with Gasteiger partial charge in [0, 0.05) is 0 Å². The Labute approximate surface area is 156 Å². The number of esters is 1. The molecule has 5 nitrogen and oxygen atoms in total. The summed E-state index contributed by atoms with van der Waals surface area (Å²) in [5, 5.41) is 0.718. The number of ether oxygens (including phenoxy) is 3. The van der Waals surface area contributed by atoms with Crippen LogP contribution in [0.4, 0.5) is 0 Å². The molecule has 1 aromatic heterocycles. The number of methoxy groups -OCH3 is 1. The van der Waals surface area contributed by atoms with Gasteiger partial charge in [0.05, 0.1) is 12.8 Å². The summed E-state index contributed by atoms with van der Waals surface area (Å²) in [7, 11) is 1.53. The average molecular weight is 369 g/mol. The van der Waals surface area contributed by atoms with Gasteiger partial charge in [0.2, 0.25) is 0 Å². The lowest BCUT2D eigenvalue weighted by Crippen LogP contribution is -2.08. The van der Waals surface area contributed by atoms with E-state index in [1.165, 1.54) is 24.0 Å². The number of carbonyl (C=O) groups excluding carboxylic acids is 1. The molecule has 0 saturated carbocycles. The number of aromatic nitrogens is 1. The fraction of sp³-hybridized carbons (Fsp3) is 0.200. The van der Waals surface area contributed by atoms with Crippen molar-refractivity contribution < 1.29 is 19.0 Å². The number of nitrogens with zero attached hydrogens (tertiary/aromatic N) is 1. The third-order valence-corrected chi connectivity index (χ3v) is 4.79. The molecule has 0 radical (unpaired) electrons. The van der Waals surface area contributed by atoms with E-state index in [9.17, 15) is 4.79 Å². The highest BCUT2D eigenvalue weighted by molar-refractivity contribution is 7.13. The highest BCUT2D eigenvalue weighted by atomic mass is 32.1. The van der Waals surface area contributed by atoms with E-state index in [0.717, 1.165) is 10.8 Å². The van der Waals surface area contributed by atoms with Crippen molar-refractivity contribution in [3.05, 3.63) is 69.7 Å². The average Bonchev–Trinajstić information content (AvgIpc) is 3.02. The third-order valence-electron chi connectivity index (χ3n) is 3.68. The number of para-hydroxylation sites is 2. The minimum atomic E-state index is -0.453. The molecule has 1 heterocycles. The van der Waals surface area contributed by atoms with E-state index in [1.54, 1.807) is 25.1 Å². The van der Waals surface area contributed by atoms with E-state index < -0.39 is 5.97 Å². The molecule has 0 aliphatic heterocycles. The van der Waals surface area contributed by atoms with Gasteiger partial charge < -0.3 is 14.2 Å². The Morgan fingerprint density at radius 1 is 1.04 bits per heavy atom. The van der Waals surface area contributed by atoms with E-state index in [1.807, 2.05) is 37.3 Å². The zero-order chi connectivity index (χ0) is 18.5. The minimum absolute atomic E-state index is 0.302. The molecule has 3 aromatic rings. The van der Waals surface area contributed by atoms with Gasteiger partial charge >= 0.3 is 5.97 Å². The molecule has 0 aliphatic carbocycles. The van der Waals surface area contributed by atoms with Gasteiger partial charge in [-0.2, -0.15) is 0 Å². The van der Waals surface area contributed by atoms with Crippen molar-refractivity contribution in [3.8, 4) is 17.2 Å². The Morgan fingerprint density at radius 2 is 1.73 bits per heavy atom. The second kappa shape index (κ2) is 8.01. The Bertz CT molecular complexity index is 902. The van der Waals surface area contributed by atoms with Crippen LogP contribution >= 0.6 is 11.3 Å². The Morgan fingerprint density at radius 3 is 2.42 bits per heavy atom. The Kier molecular flexibility index (Phi) is 5.53. The first-order chi connectivity index (χ1) is 12.6. The van der Waals surface area contributed by atoms with Crippen LogP contribution in [0.25, 0.3) is 0 Å². The van der Waals surface area contributed by atoms with E-state index in [0.29, 0.717) is 28.7 Å². The number of aryl methyl sites for hydroxylation is 2. The second-order valence-electron chi connectivity index (χ2n) is 5.66. The molecule has 0 fully saturated rings. The van der Waals surface area contributed by atoms with Crippen LogP contribution < -0.4 is 14.2 Å². The maximum atomic E-state index is 12.5. The lowest BCUT2D eigenvalue weighted by Gasteiger charge is -2.07. The molecule has 6 heteroatoms. The fourth-order valence-corrected chi connectivity index (χ4v) is 3.19. The van der Waals surface area contributed by atoms with Crippen LogP contribution in [0, 0.1) is 13.8 Å². The van der Waals surface area contributed by atoms with Gasteiger partial charge in [-0.3, -0.25) is 0 Å². The molecule has 3 rings (SSSR count). The first-order valence-corrected chi connectivity index (χ1v) is 8.89. The molecule has 134 valence electrons. The van der Waals surface area contributed by atoms with Crippen molar-refractivity contribution in [1.29, 1.82) is 0 Å². The molecule has 0 unspecified atom stereocenters. The van der Waals surface area contributed by atoms with Gasteiger partial charge in [-0.05, 0) is 38.1 Å². The largest absolute Gasteiger partial charge is 0.493 e. The zero-order valence-electron chi connectivity index (χ0n) is 14.8. The van der Waals surface area contributed by atoms with Gasteiger partial charge in [0.15, 0.2) is 11.5 Å². The summed E-state index contributed by atoms with van der Waals surface area (Å²) in [5.41, 5.74) is 1.79. The van der Waals surface area contributed by atoms with Crippen LogP contribution in [0.1, 0.15) is 25.9 Å². The lowest BCUT2D eigenvalue weighted by atomic mass is 10.2. The highest BCUT2D eigenvalue weighted by Gasteiger charge is 2.19. The summed E-state index contributed by atoms with van der Waals surface area (Å²) in [5.74, 6) is 1.20. The molecule has 0 saturated heterocycles. The van der Waals surface area contributed by atoms with Crippen LogP contribution in [-0.4, -0.2) is 18.1 Å². The van der Waals surface area contributed by atoms with E-state index in [4.69, 9.17) is 14.2 Å². The molecular weight excluding hydrogens is 350 g/mol. The fourth-order valence-electron chi connectivity index (χ4n) is 2.33. The van der Waals surface area contributed by atoms with Gasteiger partial charge in [-0.25, -0.2) is 9.78 Å². The van der Waals surface area contributed by atoms with Gasteiger partial charge in [-0.1, -0.05) is 29.8 Å². The van der Waals surface area contributed by atoms with Crippen LogP contribution in [0.15, 0.2) is 48.5 Å². The van der Waals surface area contributed by atoms with Gasteiger partial charge in [0.1, 0.15) is 22.2 Å². The van der Waals surface area contributed by atoms with Crippen molar-refractivity contribution in [2.45, 2.75) is 20.5 Å². The van der Waals surface area contributed by atoms with Crippen molar-refractivity contribution in [1.82, 2.24) is 4.98 Å². The molecule has 0 N–H and O–H groups in total. The Hall–Kier alpha value is -2.86. The maximum absolute atomic E-state index is 12.5. The third kappa shape index (κ3) is 4.21. The molecule has 0 spiro atoms. The lowest BCUT2D eigenvalue weighted by molar-refractivity contribution is 0.0734. The summed E-state index contributed by atoms with van der Waals surface area (Å²) < 4.78 is 16.4. The van der Waals surface area contributed by atoms with Crippen LogP contribution in [0.3, 0.4) is 0 Å². The van der Waals surface area contributed by atoms with E-state index in [-0.39, 0.29) is 0 Å². The number of rotatable bonds is 6. The number of carbonyl (C=O) groups is 1. The summed E-state index contributed by atoms with van der Waals surface area (Å²) in [6.45, 7) is 4.11. The first kappa shape index (κ1) is 17.9. The zero-order valence-corrected chi connectivity index (χ0v) is 15.6. The minimum Gasteiger partial charge on any atom is -0.493 e. The maximum Gasteiger partial charge on any atom is 0.355 e. The van der Waals surface area contributed by atoms with Gasteiger partial charge in [0.25, 0.3) is 0 Å². The first-order valence-electron chi connectivity index (χ1n) is 8.08. The van der Waals surface area contributed by atoms with Crippen molar-refractivity contribution >= 4 is 17.3 Å². The molecule has 0 bridgehead atoms. The topological polar surface area (TPSA) is 57.7 Å². The number of hydrogen-bond donors (Lipinski definition) is 0. The molecular formula is C20H19NO4S. The summed E-state index contributed by atoms with van der Waals surface area (Å²) in [6, 6.07) is 14.8. The van der Waals surface area contributed by atoms with Crippen LogP contribution in [-0.2, 0) is 6.61 Å². The summed E-state index contributed by atoms with van der Waals surface area (Å²) in [6.07, 6.45) is 0. The quantitative estimate of drug-likeness (QED) is 0.471. The number of hydrogen-bond acceptors (Lipinski definition) is 6. The van der Waals surface area contributed by atoms with Crippen molar-refractivity contribution in [2.24, 2.45) is 0 Å². The normalized spacial score (nSPS) is 10.4. The van der Waals surface area contributed by atoms with Crippen molar-refractivity contribution in [3.63, 3.8) is 0 Å². The second-order valence-corrected chi connectivity index (χ2v) is 6.75. The summed E-state index contributed by atoms with van der Waals surface area (Å²) in [4.78, 5) is 17.3. The van der Waals surface area contributed by atoms with E-state index in [2.05, 4.69) is 4.98 Å². The standard InChI is InChI=1S/C20H19NO4S/c1-13-8-10-15(11-9-13)24-12-18-21-14(2)19(26-18)20(22)25-17-7-5-4-6-16(17)23-3/h4-11H,12H2,1-3H3. The van der Waals surface area contributed by atoms with E-state index >= 15 is 0 Å². The number of thiazole rings is 1. The van der Waals surface area contributed by atoms with Gasteiger partial charge in [-0.15, -0.1) is 11.3 Å². The summed E-state index contributed by atoms with van der Waals surface area (Å²) >= 11 is 1.27. The molecule has 0 amide bonds. The predicted molar refractivity (Wildman–Crippen MR) is 100 cm³/mol. The monoisotopic (exact) mass is 369 g/mol. The SMILES string of the molecule is COc1ccccc1OC(=O)c1sc(COc2ccc(C)cc2)nc1C. The van der Waals surface area contributed by atoms with Crippen LogP contribution in [0.5, 0.6) is 17.2 Å². The number of benzene rings is 2. The molecule has 26 heavy (non-hydrogen) atoms. The van der Waals surface area contributed by atoms with Crippen LogP contribution in [0.2, 0.25) is 0 Å². The molecule has 0 aliphatic rings. The molecule has 0 atom stereocenters. The smallest absolute Gasteiger partial charge is 0.355 e. The highest BCUT2D eigenvalue weighted by Crippen LogP contribution is 2.28. The molecule has 2 aromatic carbocycles. The van der Waals surface area contributed by atoms with Crippen molar-refractivity contribution in [2.75, 3.05) is 7.11 Å². The Balaban J connectivity index is 1.69. The predicted octanol–water partition coefficient (Wildman–Crippen LogP) is 4.57.